The third-order valence-electron chi connectivity index (χ3n) is 4.99. The van der Waals surface area contributed by atoms with Crippen molar-refractivity contribution in [2.75, 3.05) is 0 Å². The molecule has 144 valence electrons. The van der Waals surface area contributed by atoms with E-state index in [0.717, 1.165) is 20.5 Å². The molecule has 2 N–H and O–H groups in total. The lowest BCUT2D eigenvalue weighted by Gasteiger charge is -2.27. The smallest absolute Gasteiger partial charge is 0.331 e. The molecule has 0 radical (unpaired) electrons. The Kier molecular flexibility index (Phi) is 3.88. The number of fused-ring (bicyclic) bond motifs is 3. The van der Waals surface area contributed by atoms with Crippen LogP contribution >= 0.6 is 11.3 Å². The fourth-order valence-electron chi connectivity index (χ4n) is 3.46. The van der Waals surface area contributed by atoms with E-state index in [4.69, 9.17) is 5.73 Å². The second-order valence-electron chi connectivity index (χ2n) is 6.55. The predicted molar refractivity (Wildman–Crippen MR) is 107 cm³/mol. The van der Waals surface area contributed by atoms with Gasteiger partial charge in [-0.3, -0.25) is 23.5 Å². The number of ketones is 1. The third kappa shape index (κ3) is 2.22. The standard InChI is InChI=1S/C19H13N5O4S/c1-23-11-10-14(25)19(8-20,17(21)27)13(9-6-4-3-5-7-9)22-15(10)29-12(11)16(26)24(2)18(23)28/h3-7H,1-2H3,(H2,21,27). The lowest BCUT2D eigenvalue weighted by Crippen LogP contribution is -2.51. The fraction of sp³-hybridized carbons (Fsp3) is 0.158. The van der Waals surface area contributed by atoms with E-state index in [1.807, 2.05) is 0 Å². The number of nitriles is 1. The minimum absolute atomic E-state index is 0.0415. The summed E-state index contributed by atoms with van der Waals surface area (Å²) in [6.07, 6.45) is 0. The van der Waals surface area contributed by atoms with Crippen LogP contribution in [0.25, 0.3) is 10.2 Å². The van der Waals surface area contributed by atoms with E-state index in [-0.39, 0.29) is 26.5 Å². The van der Waals surface area contributed by atoms with E-state index < -0.39 is 28.4 Å². The van der Waals surface area contributed by atoms with Crippen molar-refractivity contribution in [2.24, 2.45) is 30.2 Å². The number of carbonyl (C=O) groups is 2. The number of amides is 1. The summed E-state index contributed by atoms with van der Waals surface area (Å²) < 4.78 is 2.18. The average Bonchev–Trinajstić information content (AvgIpc) is 3.11. The summed E-state index contributed by atoms with van der Waals surface area (Å²) in [6.45, 7) is 0. The van der Waals surface area contributed by atoms with Crippen molar-refractivity contribution in [3.63, 3.8) is 0 Å². The Morgan fingerprint density at radius 1 is 1.17 bits per heavy atom. The normalized spacial score (nSPS) is 18.2. The molecule has 1 aromatic carbocycles. The van der Waals surface area contributed by atoms with Gasteiger partial charge in [-0.1, -0.05) is 30.3 Å². The van der Waals surface area contributed by atoms with Crippen LogP contribution in [0.4, 0.5) is 5.00 Å². The van der Waals surface area contributed by atoms with Crippen molar-refractivity contribution in [3.8, 4) is 6.07 Å². The number of Topliss-reactive ketones (excluding diaryl/α,β-unsaturated/α-hetero) is 1. The van der Waals surface area contributed by atoms with E-state index in [2.05, 4.69) is 4.99 Å². The van der Waals surface area contributed by atoms with Gasteiger partial charge in [-0.2, -0.15) is 5.26 Å². The highest BCUT2D eigenvalue weighted by molar-refractivity contribution is 7.23. The molecule has 1 atom stereocenters. The van der Waals surface area contributed by atoms with Gasteiger partial charge in [0.05, 0.1) is 22.9 Å². The van der Waals surface area contributed by atoms with Gasteiger partial charge in [-0.15, -0.1) is 11.3 Å². The molecule has 1 aliphatic rings. The zero-order chi connectivity index (χ0) is 21.1. The van der Waals surface area contributed by atoms with Crippen molar-refractivity contribution in [1.82, 2.24) is 9.13 Å². The van der Waals surface area contributed by atoms with Crippen molar-refractivity contribution in [2.45, 2.75) is 0 Å². The van der Waals surface area contributed by atoms with Gasteiger partial charge in [-0.25, -0.2) is 9.79 Å². The SMILES string of the molecule is Cn1c(=O)c2sc3c(c2n(C)c1=O)C(=O)C(C#N)(C(N)=O)C(c1ccccc1)=N3. The van der Waals surface area contributed by atoms with Crippen LogP contribution in [-0.2, 0) is 18.9 Å². The first-order chi connectivity index (χ1) is 13.8. The molecule has 1 aliphatic heterocycles. The van der Waals surface area contributed by atoms with Gasteiger partial charge >= 0.3 is 5.69 Å². The number of hydrogen-bond donors (Lipinski definition) is 1. The molecule has 0 aliphatic carbocycles. The molecule has 0 saturated carbocycles. The average molecular weight is 407 g/mol. The zero-order valence-corrected chi connectivity index (χ0v) is 16.1. The number of primary amides is 1. The number of thiophene rings is 1. The van der Waals surface area contributed by atoms with Crippen LogP contribution in [0.2, 0.25) is 0 Å². The van der Waals surface area contributed by atoms with Crippen LogP contribution in [0, 0.1) is 16.7 Å². The van der Waals surface area contributed by atoms with Crippen LogP contribution in [0.3, 0.4) is 0 Å². The maximum Gasteiger partial charge on any atom is 0.331 e. The summed E-state index contributed by atoms with van der Waals surface area (Å²) in [7, 11) is 2.73. The van der Waals surface area contributed by atoms with Crippen molar-refractivity contribution >= 4 is 44.0 Å². The maximum absolute atomic E-state index is 13.5. The second kappa shape index (κ2) is 6.08. The molecule has 1 amide bonds. The first kappa shape index (κ1) is 18.5. The maximum atomic E-state index is 13.5. The summed E-state index contributed by atoms with van der Waals surface area (Å²) in [6, 6.07) is 10.0. The molecule has 0 bridgehead atoms. The zero-order valence-electron chi connectivity index (χ0n) is 15.3. The predicted octanol–water partition coefficient (Wildman–Crippen LogP) is 0.611. The number of benzene rings is 1. The molecular weight excluding hydrogens is 394 g/mol. The molecular formula is C19H13N5O4S. The Balaban J connectivity index is 2.22. The Labute approximate surface area is 166 Å². The minimum atomic E-state index is -2.38. The summed E-state index contributed by atoms with van der Waals surface area (Å²) >= 11 is 0.926. The molecule has 2 aromatic heterocycles. The van der Waals surface area contributed by atoms with Crippen LogP contribution < -0.4 is 17.0 Å². The molecule has 0 spiro atoms. The second-order valence-corrected chi connectivity index (χ2v) is 7.55. The van der Waals surface area contributed by atoms with E-state index in [1.54, 1.807) is 36.4 Å². The molecule has 29 heavy (non-hydrogen) atoms. The highest BCUT2D eigenvalue weighted by Crippen LogP contribution is 2.45. The van der Waals surface area contributed by atoms with Crippen LogP contribution in [0.15, 0.2) is 44.9 Å². The van der Waals surface area contributed by atoms with Gasteiger partial charge in [0.25, 0.3) is 11.5 Å². The summed E-state index contributed by atoms with van der Waals surface area (Å²) in [5.74, 6) is -2.07. The number of carbonyl (C=O) groups excluding carboxylic acids is 2. The van der Waals surface area contributed by atoms with E-state index in [0.29, 0.717) is 5.56 Å². The molecule has 3 aromatic rings. The van der Waals surface area contributed by atoms with Gasteiger partial charge < -0.3 is 5.73 Å². The Bertz CT molecular complexity index is 1420. The van der Waals surface area contributed by atoms with Crippen molar-refractivity contribution in [3.05, 3.63) is 62.3 Å². The van der Waals surface area contributed by atoms with Crippen LogP contribution in [0.5, 0.6) is 0 Å². The minimum Gasteiger partial charge on any atom is -0.368 e. The van der Waals surface area contributed by atoms with Crippen molar-refractivity contribution in [1.29, 1.82) is 5.26 Å². The quantitative estimate of drug-likeness (QED) is 0.620. The number of aryl methyl sites for hydroxylation is 1. The third-order valence-corrected chi connectivity index (χ3v) is 6.05. The van der Waals surface area contributed by atoms with Gasteiger partial charge in [0.1, 0.15) is 9.70 Å². The first-order valence-corrected chi connectivity index (χ1v) is 9.20. The number of rotatable bonds is 2. The van der Waals surface area contributed by atoms with E-state index >= 15 is 0 Å². The Morgan fingerprint density at radius 3 is 2.41 bits per heavy atom. The van der Waals surface area contributed by atoms with Gasteiger partial charge in [0.2, 0.25) is 11.2 Å². The molecule has 4 rings (SSSR count). The molecule has 1 unspecified atom stereocenters. The van der Waals surface area contributed by atoms with E-state index in [9.17, 15) is 24.4 Å². The lowest BCUT2D eigenvalue weighted by atomic mass is 9.73. The number of aromatic nitrogens is 2. The highest BCUT2D eigenvalue weighted by atomic mass is 32.1. The molecule has 0 fully saturated rings. The molecule has 0 saturated heterocycles. The number of hydrogen-bond acceptors (Lipinski definition) is 7. The van der Waals surface area contributed by atoms with Gasteiger partial charge in [0, 0.05) is 14.1 Å². The van der Waals surface area contributed by atoms with Crippen LogP contribution in [0.1, 0.15) is 15.9 Å². The summed E-state index contributed by atoms with van der Waals surface area (Å²) in [5.41, 5.74) is 2.12. The van der Waals surface area contributed by atoms with Gasteiger partial charge in [0.15, 0.2) is 0 Å². The largest absolute Gasteiger partial charge is 0.368 e. The summed E-state index contributed by atoms with van der Waals surface area (Å²) in [4.78, 5) is 55.3. The number of aliphatic imine (C=N–C) groups is 1. The van der Waals surface area contributed by atoms with Crippen molar-refractivity contribution < 1.29 is 9.59 Å². The topological polar surface area (TPSA) is 140 Å². The molecule has 9 nitrogen and oxygen atoms in total. The lowest BCUT2D eigenvalue weighted by molar-refractivity contribution is -0.120. The number of nitrogens with zero attached hydrogens (tertiary/aromatic N) is 4. The highest BCUT2D eigenvalue weighted by Gasteiger charge is 2.55. The fourth-order valence-corrected chi connectivity index (χ4v) is 4.65. The van der Waals surface area contributed by atoms with Crippen LogP contribution in [-0.4, -0.2) is 26.5 Å². The summed E-state index contributed by atoms with van der Waals surface area (Å²) in [5, 5.41) is 10.0. The van der Waals surface area contributed by atoms with E-state index in [1.165, 1.54) is 14.1 Å². The first-order valence-electron chi connectivity index (χ1n) is 8.38. The molecule has 10 heteroatoms. The van der Waals surface area contributed by atoms with Gasteiger partial charge in [-0.05, 0) is 5.56 Å². The Morgan fingerprint density at radius 2 is 1.83 bits per heavy atom. The number of nitrogens with two attached hydrogens (primary N) is 1. The Hall–Kier alpha value is -3.84. The molecule has 3 heterocycles. The monoisotopic (exact) mass is 407 g/mol.